The lowest BCUT2D eigenvalue weighted by Crippen LogP contribution is -2.34. The summed E-state index contributed by atoms with van der Waals surface area (Å²) in [7, 11) is 2.86. The van der Waals surface area contributed by atoms with Crippen LogP contribution in [0.1, 0.15) is 17.3 Å². The van der Waals surface area contributed by atoms with Crippen molar-refractivity contribution in [1.29, 1.82) is 0 Å². The van der Waals surface area contributed by atoms with Gasteiger partial charge in [-0.2, -0.15) is 0 Å². The molecule has 0 radical (unpaired) electrons. The number of carbonyl (C=O) groups is 3. The Kier molecular flexibility index (Phi) is 7.84. The average Bonchev–Trinajstić information content (AvgIpc) is 2.73. The lowest BCUT2D eigenvalue weighted by molar-refractivity contribution is -0.141. The van der Waals surface area contributed by atoms with Crippen LogP contribution in [0.5, 0.6) is 11.5 Å². The van der Waals surface area contributed by atoms with Gasteiger partial charge in [0.05, 0.1) is 32.2 Å². The van der Waals surface area contributed by atoms with Crippen LogP contribution < -0.4 is 25.4 Å². The third kappa shape index (κ3) is 6.13. The van der Waals surface area contributed by atoms with Crippen LogP contribution in [0.2, 0.25) is 0 Å². The number of hydrogen-bond donors (Lipinski definition) is 3. The number of esters is 1. The Morgan fingerprint density at radius 1 is 0.897 bits per heavy atom. The quantitative estimate of drug-likeness (QED) is 0.586. The molecule has 0 heterocycles. The Balaban J connectivity index is 2.15. The van der Waals surface area contributed by atoms with Gasteiger partial charge in [-0.1, -0.05) is 18.2 Å². The van der Waals surface area contributed by atoms with Gasteiger partial charge >= 0.3 is 12.0 Å². The van der Waals surface area contributed by atoms with E-state index in [0.717, 1.165) is 0 Å². The Morgan fingerprint density at radius 2 is 1.48 bits per heavy atom. The van der Waals surface area contributed by atoms with Crippen LogP contribution in [0.4, 0.5) is 16.2 Å². The molecule has 0 aliphatic carbocycles. The van der Waals surface area contributed by atoms with E-state index in [9.17, 15) is 14.4 Å². The fourth-order valence-electron chi connectivity index (χ4n) is 2.41. The van der Waals surface area contributed by atoms with Crippen LogP contribution >= 0.6 is 0 Å². The number of urea groups is 1. The van der Waals surface area contributed by atoms with Gasteiger partial charge in [-0.05, 0) is 19.1 Å². The van der Waals surface area contributed by atoms with Gasteiger partial charge in [0.2, 0.25) is 0 Å². The molecular formula is C20H23N3O6. The Morgan fingerprint density at radius 3 is 2.03 bits per heavy atom. The van der Waals surface area contributed by atoms with Gasteiger partial charge in [-0.15, -0.1) is 0 Å². The molecule has 0 bridgehead atoms. The lowest BCUT2D eigenvalue weighted by atomic mass is 10.2. The number of carbonyl (C=O) groups excluding carboxylic acids is 3. The minimum absolute atomic E-state index is 0.226. The number of amides is 3. The number of nitrogens with one attached hydrogen (secondary N) is 3. The molecule has 0 unspecified atom stereocenters. The summed E-state index contributed by atoms with van der Waals surface area (Å²) in [5.74, 6) is -0.263. The third-order valence-electron chi connectivity index (χ3n) is 3.75. The Bertz CT molecular complexity index is 870. The molecule has 3 amide bonds. The van der Waals surface area contributed by atoms with E-state index in [1.807, 2.05) is 6.07 Å². The molecule has 29 heavy (non-hydrogen) atoms. The molecule has 3 N–H and O–H groups in total. The molecule has 2 aromatic rings. The molecule has 0 atom stereocenters. The molecule has 0 saturated carbocycles. The predicted octanol–water partition coefficient (Wildman–Crippen LogP) is 2.64. The molecule has 0 aromatic heterocycles. The first-order chi connectivity index (χ1) is 14.0. The Hall–Kier alpha value is -3.75. The van der Waals surface area contributed by atoms with E-state index in [1.54, 1.807) is 31.2 Å². The van der Waals surface area contributed by atoms with E-state index in [2.05, 4.69) is 16.0 Å². The van der Waals surface area contributed by atoms with Gasteiger partial charge in [0, 0.05) is 17.7 Å². The summed E-state index contributed by atoms with van der Waals surface area (Å²) in [5, 5.41) is 7.71. The van der Waals surface area contributed by atoms with Crippen molar-refractivity contribution in [2.75, 3.05) is 38.0 Å². The minimum Gasteiger partial charge on any atom is -0.494 e. The second-order valence-corrected chi connectivity index (χ2v) is 5.69. The van der Waals surface area contributed by atoms with E-state index in [4.69, 9.17) is 14.2 Å². The van der Waals surface area contributed by atoms with E-state index in [-0.39, 0.29) is 19.1 Å². The van der Waals surface area contributed by atoms with E-state index in [1.165, 1.54) is 26.4 Å². The minimum atomic E-state index is -0.625. The van der Waals surface area contributed by atoms with Crippen molar-refractivity contribution in [3.05, 3.63) is 48.0 Å². The van der Waals surface area contributed by atoms with E-state index >= 15 is 0 Å². The molecule has 2 aromatic carbocycles. The van der Waals surface area contributed by atoms with E-state index < -0.39 is 12.0 Å². The summed E-state index contributed by atoms with van der Waals surface area (Å²) in [6, 6.07) is 11.1. The second kappa shape index (κ2) is 10.5. The molecule has 0 fully saturated rings. The highest BCUT2D eigenvalue weighted by Gasteiger charge is 2.16. The van der Waals surface area contributed by atoms with Gasteiger partial charge in [-0.25, -0.2) is 4.79 Å². The van der Waals surface area contributed by atoms with Crippen molar-refractivity contribution < 1.29 is 28.6 Å². The maximum atomic E-state index is 12.4. The molecule has 0 aliphatic heterocycles. The highest BCUT2D eigenvalue weighted by Crippen LogP contribution is 2.36. The van der Waals surface area contributed by atoms with Crippen LogP contribution in [0.3, 0.4) is 0 Å². The van der Waals surface area contributed by atoms with Crippen molar-refractivity contribution in [1.82, 2.24) is 5.32 Å². The zero-order valence-electron chi connectivity index (χ0n) is 16.4. The van der Waals surface area contributed by atoms with Gasteiger partial charge in [0.15, 0.2) is 0 Å². The summed E-state index contributed by atoms with van der Waals surface area (Å²) in [5.41, 5.74) is 1.15. The highest BCUT2D eigenvalue weighted by molar-refractivity contribution is 6.05. The SMILES string of the molecule is CCOC(=O)CNC(=O)Nc1cc(OC)c(NC(=O)c2ccccc2)cc1OC. The highest BCUT2D eigenvalue weighted by atomic mass is 16.5. The topological polar surface area (TPSA) is 115 Å². The molecule has 0 saturated heterocycles. The van der Waals surface area contributed by atoms with Crippen LogP contribution in [-0.4, -0.2) is 45.3 Å². The molecule has 0 aliphatic rings. The number of anilines is 2. The molecule has 2 rings (SSSR count). The van der Waals surface area contributed by atoms with Crippen LogP contribution in [0.25, 0.3) is 0 Å². The largest absolute Gasteiger partial charge is 0.494 e. The van der Waals surface area contributed by atoms with Gasteiger partial charge in [0.25, 0.3) is 5.91 Å². The maximum absolute atomic E-state index is 12.4. The molecule has 9 heteroatoms. The first-order valence-corrected chi connectivity index (χ1v) is 8.81. The standard InChI is InChI=1S/C20H23N3O6/c1-4-29-18(24)12-21-20(26)23-15-11-16(27-2)14(10-17(15)28-3)22-19(25)13-8-6-5-7-9-13/h5-11H,4,12H2,1-3H3,(H,22,25)(H2,21,23,26). The fraction of sp³-hybridized carbons (Fsp3) is 0.250. The van der Waals surface area contributed by atoms with Crippen LogP contribution in [0, 0.1) is 0 Å². The number of methoxy groups -OCH3 is 2. The molecular weight excluding hydrogens is 378 g/mol. The van der Waals surface area contributed by atoms with Crippen molar-refractivity contribution in [2.45, 2.75) is 6.92 Å². The smallest absolute Gasteiger partial charge is 0.325 e. The lowest BCUT2D eigenvalue weighted by Gasteiger charge is -2.16. The van der Waals surface area contributed by atoms with Crippen molar-refractivity contribution >= 4 is 29.3 Å². The van der Waals surface area contributed by atoms with Crippen molar-refractivity contribution in [3.63, 3.8) is 0 Å². The van der Waals surface area contributed by atoms with Gasteiger partial charge in [0.1, 0.15) is 18.0 Å². The van der Waals surface area contributed by atoms with Crippen LogP contribution in [0.15, 0.2) is 42.5 Å². The fourth-order valence-corrected chi connectivity index (χ4v) is 2.41. The summed E-state index contributed by atoms with van der Waals surface area (Å²) in [6.45, 7) is 1.63. The monoisotopic (exact) mass is 401 g/mol. The summed E-state index contributed by atoms with van der Waals surface area (Å²) in [6.07, 6.45) is 0. The van der Waals surface area contributed by atoms with Crippen LogP contribution in [-0.2, 0) is 9.53 Å². The zero-order chi connectivity index (χ0) is 21.2. The Labute approximate surface area is 168 Å². The first kappa shape index (κ1) is 21.5. The second-order valence-electron chi connectivity index (χ2n) is 5.69. The molecule has 9 nitrogen and oxygen atoms in total. The molecule has 0 spiro atoms. The molecule has 154 valence electrons. The first-order valence-electron chi connectivity index (χ1n) is 8.81. The summed E-state index contributed by atoms with van der Waals surface area (Å²) in [4.78, 5) is 35.8. The maximum Gasteiger partial charge on any atom is 0.325 e. The van der Waals surface area contributed by atoms with Crippen molar-refractivity contribution in [3.8, 4) is 11.5 Å². The zero-order valence-corrected chi connectivity index (χ0v) is 16.4. The normalized spacial score (nSPS) is 9.90. The summed E-state index contributed by atoms with van der Waals surface area (Å²) >= 11 is 0. The predicted molar refractivity (Wildman–Crippen MR) is 108 cm³/mol. The number of benzene rings is 2. The van der Waals surface area contributed by atoms with E-state index in [0.29, 0.717) is 28.4 Å². The summed E-state index contributed by atoms with van der Waals surface area (Å²) < 4.78 is 15.4. The van der Waals surface area contributed by atoms with Gasteiger partial charge < -0.3 is 30.2 Å². The third-order valence-corrected chi connectivity index (χ3v) is 3.75. The van der Waals surface area contributed by atoms with Gasteiger partial charge in [-0.3, -0.25) is 9.59 Å². The number of rotatable bonds is 8. The number of ether oxygens (including phenoxy) is 3. The van der Waals surface area contributed by atoms with Crippen molar-refractivity contribution in [2.24, 2.45) is 0 Å². The average molecular weight is 401 g/mol. The number of hydrogen-bond acceptors (Lipinski definition) is 6.